The number of carbonyl (C=O) groups excluding carboxylic acids is 6. The Kier molecular flexibility index (Phi) is 22.1. The first-order chi connectivity index (χ1) is 25.0. The van der Waals surface area contributed by atoms with Gasteiger partial charge in [-0.25, -0.2) is 4.79 Å². The van der Waals surface area contributed by atoms with Crippen LogP contribution in [0, 0.1) is 5.92 Å². The monoisotopic (exact) mass is 793 g/mol. The summed E-state index contributed by atoms with van der Waals surface area (Å²) in [5.74, 6) is -12.5. The Morgan fingerprint density at radius 2 is 0.926 bits per heavy atom. The first-order valence-corrected chi connectivity index (χ1v) is 18.0. The van der Waals surface area contributed by atoms with Crippen LogP contribution in [0.3, 0.4) is 0 Å². The van der Waals surface area contributed by atoms with Crippen LogP contribution in [0.1, 0.15) is 66.2 Å². The number of carboxylic acid groups (broad SMARTS) is 4. The van der Waals surface area contributed by atoms with Crippen LogP contribution in [-0.4, -0.2) is 145 Å². The summed E-state index contributed by atoms with van der Waals surface area (Å²) < 4.78 is 0. The topological polar surface area (TPSA) is 370 Å². The summed E-state index contributed by atoms with van der Waals surface area (Å²) in [4.78, 5) is 124. The minimum absolute atomic E-state index is 0.0392. The third-order valence-corrected chi connectivity index (χ3v) is 8.16. The highest BCUT2D eigenvalue weighted by Crippen LogP contribution is 2.10. The molecule has 0 unspecified atom stereocenters. The van der Waals surface area contributed by atoms with Gasteiger partial charge in [-0.15, -0.1) is 0 Å². The molecule has 0 aromatic carbocycles. The van der Waals surface area contributed by atoms with Gasteiger partial charge in [-0.05, 0) is 51.0 Å². The predicted molar refractivity (Wildman–Crippen MR) is 188 cm³/mol. The Bertz CT molecular complexity index is 1380. The van der Waals surface area contributed by atoms with E-state index in [4.69, 9.17) is 10.8 Å². The van der Waals surface area contributed by atoms with E-state index >= 15 is 0 Å². The van der Waals surface area contributed by atoms with Crippen LogP contribution in [0.25, 0.3) is 0 Å². The van der Waals surface area contributed by atoms with Crippen LogP contribution in [-0.2, 0) is 47.9 Å². The Morgan fingerprint density at radius 1 is 0.537 bits per heavy atom. The zero-order valence-corrected chi connectivity index (χ0v) is 31.3. The summed E-state index contributed by atoms with van der Waals surface area (Å²) >= 11 is 1.28. The maximum Gasteiger partial charge on any atom is 0.326 e. The van der Waals surface area contributed by atoms with E-state index in [0.717, 1.165) is 6.92 Å². The molecule has 0 aliphatic carbocycles. The minimum Gasteiger partial charge on any atom is -0.481 e. The van der Waals surface area contributed by atoms with Gasteiger partial charge in [0.05, 0.1) is 18.6 Å². The number of rotatable bonds is 26. The average Bonchev–Trinajstić information content (AvgIpc) is 3.06. The summed E-state index contributed by atoms with van der Waals surface area (Å²) in [5, 5.41) is 60.5. The Labute approximate surface area is 314 Å². The quantitative estimate of drug-likeness (QED) is 0.0401. The molecule has 0 aliphatic heterocycles. The second kappa shape index (κ2) is 24.3. The second-order valence-corrected chi connectivity index (χ2v) is 13.6. The molecule has 0 saturated heterocycles. The van der Waals surface area contributed by atoms with E-state index < -0.39 is 146 Å². The van der Waals surface area contributed by atoms with E-state index in [2.05, 4.69) is 31.9 Å². The van der Waals surface area contributed by atoms with E-state index in [1.165, 1.54) is 32.5 Å². The fourth-order valence-electron chi connectivity index (χ4n) is 4.50. The molecule has 13 N–H and O–H groups in total. The lowest BCUT2D eigenvalue weighted by Crippen LogP contribution is -2.61. The van der Waals surface area contributed by atoms with Gasteiger partial charge in [-0.1, -0.05) is 13.8 Å². The summed E-state index contributed by atoms with van der Waals surface area (Å²) in [6.45, 7) is 5.45. The highest BCUT2D eigenvalue weighted by atomic mass is 32.2. The standard InChI is InChI=1S/C31H51N7O15S/c1-13(2)23(29(50)35-18(10-11-54-5)27(48)36-19(31(52)53)12-22(44)45)37-28(49)17(7-9-21(42)43)33-26(47)16(6-8-20(40)41)34-30(51)24(15(4)39)38-25(46)14(3)32/h13-19,23-24,39H,6-12,32H2,1-5H3,(H,33,47)(H,34,51)(H,35,50)(H,36,48)(H,37,49)(H,38,46)(H,40,41)(H,42,43)(H,44,45)(H,52,53)/t14-,15+,16-,17-,18-,19-,23-,24-/m0/s1. The van der Waals surface area contributed by atoms with Gasteiger partial charge in [-0.3, -0.25) is 43.2 Å². The van der Waals surface area contributed by atoms with Crippen molar-refractivity contribution in [1.29, 1.82) is 0 Å². The molecular weight excluding hydrogens is 742 g/mol. The molecule has 0 saturated carbocycles. The fourth-order valence-corrected chi connectivity index (χ4v) is 4.97. The van der Waals surface area contributed by atoms with E-state index in [9.17, 15) is 68.4 Å². The molecule has 0 bridgehead atoms. The molecule has 0 heterocycles. The van der Waals surface area contributed by atoms with Crippen molar-refractivity contribution in [3.8, 4) is 0 Å². The van der Waals surface area contributed by atoms with Gasteiger partial charge in [-0.2, -0.15) is 11.8 Å². The van der Waals surface area contributed by atoms with Crippen molar-refractivity contribution in [2.24, 2.45) is 11.7 Å². The smallest absolute Gasteiger partial charge is 0.326 e. The Balaban J connectivity index is 6.33. The Hall–Kier alpha value is -5.03. The highest BCUT2D eigenvalue weighted by Gasteiger charge is 2.35. The molecule has 22 nitrogen and oxygen atoms in total. The van der Waals surface area contributed by atoms with Gasteiger partial charge in [0.2, 0.25) is 35.4 Å². The van der Waals surface area contributed by atoms with E-state index in [-0.39, 0.29) is 12.2 Å². The lowest BCUT2D eigenvalue weighted by molar-refractivity contribution is -0.147. The van der Waals surface area contributed by atoms with E-state index in [1.807, 2.05) is 0 Å². The number of amides is 6. The van der Waals surface area contributed by atoms with Crippen molar-refractivity contribution in [2.75, 3.05) is 12.0 Å². The van der Waals surface area contributed by atoms with Crippen molar-refractivity contribution in [2.45, 2.75) is 115 Å². The summed E-state index contributed by atoms with van der Waals surface area (Å²) in [6.07, 6.45) is -3.30. The maximum absolute atomic E-state index is 13.5. The number of nitrogens with two attached hydrogens (primary N) is 1. The molecule has 0 aliphatic rings. The molecule has 0 spiro atoms. The summed E-state index contributed by atoms with van der Waals surface area (Å²) in [6, 6.07) is -10.8. The normalized spacial score (nSPS) is 15.4. The van der Waals surface area contributed by atoms with Gasteiger partial charge in [0.15, 0.2) is 0 Å². The number of nitrogens with one attached hydrogen (secondary N) is 6. The van der Waals surface area contributed by atoms with Crippen LogP contribution in [0.5, 0.6) is 0 Å². The highest BCUT2D eigenvalue weighted by molar-refractivity contribution is 7.98. The number of aliphatic hydroxyl groups excluding tert-OH is 1. The molecular formula is C31H51N7O15S. The van der Waals surface area contributed by atoms with Gasteiger partial charge < -0.3 is 63.2 Å². The van der Waals surface area contributed by atoms with Gasteiger partial charge in [0.1, 0.15) is 36.3 Å². The third kappa shape index (κ3) is 18.6. The maximum atomic E-state index is 13.5. The fraction of sp³-hybridized carbons (Fsp3) is 0.677. The van der Waals surface area contributed by atoms with E-state index in [0.29, 0.717) is 0 Å². The van der Waals surface area contributed by atoms with Crippen molar-refractivity contribution in [1.82, 2.24) is 31.9 Å². The van der Waals surface area contributed by atoms with Crippen LogP contribution in [0.15, 0.2) is 0 Å². The molecule has 6 amide bonds. The average molecular weight is 794 g/mol. The minimum atomic E-state index is -1.82. The first-order valence-electron chi connectivity index (χ1n) is 16.6. The zero-order valence-electron chi connectivity index (χ0n) is 30.5. The molecule has 8 atom stereocenters. The number of thioether (sulfide) groups is 1. The zero-order chi connectivity index (χ0) is 41.9. The van der Waals surface area contributed by atoms with Crippen LogP contribution in [0.2, 0.25) is 0 Å². The van der Waals surface area contributed by atoms with Gasteiger partial charge in [0, 0.05) is 12.8 Å². The lowest BCUT2D eigenvalue weighted by Gasteiger charge is -2.29. The lowest BCUT2D eigenvalue weighted by atomic mass is 10.0. The van der Waals surface area contributed by atoms with Crippen molar-refractivity contribution in [3.63, 3.8) is 0 Å². The molecule has 23 heteroatoms. The third-order valence-electron chi connectivity index (χ3n) is 7.52. The molecule has 306 valence electrons. The molecule has 54 heavy (non-hydrogen) atoms. The summed E-state index contributed by atoms with van der Waals surface area (Å²) in [5.41, 5.74) is 5.50. The molecule has 0 radical (unpaired) electrons. The molecule has 0 aromatic heterocycles. The number of carbonyl (C=O) groups is 10. The van der Waals surface area contributed by atoms with Gasteiger partial charge in [0.25, 0.3) is 0 Å². The Morgan fingerprint density at radius 3 is 1.30 bits per heavy atom. The second-order valence-electron chi connectivity index (χ2n) is 12.6. The number of carboxylic acids is 4. The number of hydrogen-bond donors (Lipinski definition) is 12. The largest absolute Gasteiger partial charge is 0.481 e. The van der Waals surface area contributed by atoms with Crippen molar-refractivity contribution >= 4 is 71.1 Å². The van der Waals surface area contributed by atoms with Crippen molar-refractivity contribution < 1.29 is 73.5 Å². The number of aliphatic carboxylic acids is 4. The molecule has 0 fully saturated rings. The van der Waals surface area contributed by atoms with E-state index in [1.54, 1.807) is 6.26 Å². The first kappa shape index (κ1) is 49.0. The number of aliphatic hydroxyl groups is 1. The van der Waals surface area contributed by atoms with Crippen LogP contribution < -0.4 is 37.6 Å². The SMILES string of the molecule is CSCC[C@H](NC(=O)[C@@H](NC(=O)[C@H](CCC(=O)O)NC(=O)[C@H](CCC(=O)O)NC(=O)[C@@H](NC(=O)[C@H](C)N)[C@@H](C)O)C(C)C)C(=O)N[C@@H](CC(=O)O)C(=O)O. The van der Waals surface area contributed by atoms with Gasteiger partial charge >= 0.3 is 23.9 Å². The predicted octanol–water partition coefficient (Wildman–Crippen LogP) is -3.68. The summed E-state index contributed by atoms with van der Waals surface area (Å²) in [7, 11) is 0. The van der Waals surface area contributed by atoms with Crippen molar-refractivity contribution in [3.05, 3.63) is 0 Å². The molecule has 0 rings (SSSR count). The van der Waals surface area contributed by atoms with Crippen LogP contribution >= 0.6 is 11.8 Å². The number of hydrogen-bond acceptors (Lipinski definition) is 13. The molecule has 0 aromatic rings. The van der Waals surface area contributed by atoms with Crippen LogP contribution in [0.4, 0.5) is 0 Å².